The molecule has 2 aromatic carbocycles. The van der Waals surface area contributed by atoms with E-state index < -0.39 is 0 Å². The molecule has 0 saturated heterocycles. The summed E-state index contributed by atoms with van der Waals surface area (Å²) in [6.45, 7) is 2.62. The van der Waals surface area contributed by atoms with Crippen LogP contribution in [0.4, 0.5) is 5.69 Å². The zero-order valence-electron chi connectivity index (χ0n) is 15.7. The second-order valence-corrected chi connectivity index (χ2v) is 7.91. The number of rotatable bonds is 3. The molecule has 1 aliphatic carbocycles. The van der Waals surface area contributed by atoms with Gasteiger partial charge in [0.15, 0.2) is 0 Å². The highest BCUT2D eigenvalue weighted by Gasteiger charge is 2.28. The average Bonchev–Trinajstić information content (AvgIpc) is 2.85. The van der Waals surface area contributed by atoms with Crippen LogP contribution in [0.1, 0.15) is 45.4 Å². The first-order valence-corrected chi connectivity index (χ1v) is 10.1. The largest absolute Gasteiger partial charge is 0.494 e. The third kappa shape index (κ3) is 2.44. The summed E-state index contributed by atoms with van der Waals surface area (Å²) in [5.74, 6) is 0.0753. The van der Waals surface area contributed by atoms with E-state index in [1.807, 2.05) is 24.3 Å². The van der Waals surface area contributed by atoms with E-state index >= 15 is 0 Å². The van der Waals surface area contributed by atoms with Gasteiger partial charge in [-0.1, -0.05) is 26.2 Å². The molecule has 2 unspecified atom stereocenters. The zero-order chi connectivity index (χ0) is 18.5. The van der Waals surface area contributed by atoms with Crippen molar-refractivity contribution in [1.29, 1.82) is 0 Å². The average molecular weight is 363 g/mol. The van der Waals surface area contributed by atoms with Gasteiger partial charge >= 0.3 is 0 Å². The maximum absolute atomic E-state index is 13.1. The van der Waals surface area contributed by atoms with Crippen LogP contribution in [0.3, 0.4) is 0 Å². The van der Waals surface area contributed by atoms with Crippen LogP contribution in [0, 0.1) is 0 Å². The minimum Gasteiger partial charge on any atom is -0.494 e. The first-order chi connectivity index (χ1) is 13.2. The molecule has 1 saturated carbocycles. The predicted molar refractivity (Wildman–Crippen MR) is 109 cm³/mol. The van der Waals surface area contributed by atoms with Gasteiger partial charge in [-0.2, -0.15) is 0 Å². The lowest BCUT2D eigenvalue weighted by Gasteiger charge is -2.29. The van der Waals surface area contributed by atoms with Crippen molar-refractivity contribution < 1.29 is 5.11 Å². The van der Waals surface area contributed by atoms with E-state index in [0.29, 0.717) is 18.0 Å². The summed E-state index contributed by atoms with van der Waals surface area (Å²) in [5, 5.41) is 18.7. The summed E-state index contributed by atoms with van der Waals surface area (Å²) in [7, 11) is 0. The number of anilines is 1. The smallest absolute Gasteiger partial charge is 0.261 e. The van der Waals surface area contributed by atoms with Gasteiger partial charge in [0, 0.05) is 39.8 Å². The fraction of sp³-hybridized carbons (Fsp3) is 0.455. The summed E-state index contributed by atoms with van der Waals surface area (Å²) in [6, 6.07) is 8.50. The van der Waals surface area contributed by atoms with Crippen molar-refractivity contribution in [2.45, 2.75) is 64.1 Å². The van der Waals surface area contributed by atoms with Crippen molar-refractivity contribution in [3.05, 3.63) is 40.0 Å². The number of pyridine rings is 1. The molecule has 5 heteroatoms. The number of aromatic nitrogens is 1. The number of hydrogen-bond donors (Lipinski definition) is 2. The molecule has 1 aromatic heterocycles. The minimum atomic E-state index is -0.112. The molecule has 5 rings (SSSR count). The van der Waals surface area contributed by atoms with Gasteiger partial charge in [-0.05, 0) is 43.5 Å². The third-order valence-electron chi connectivity index (χ3n) is 6.22. The molecule has 140 valence electrons. The zero-order valence-corrected chi connectivity index (χ0v) is 15.7. The summed E-state index contributed by atoms with van der Waals surface area (Å²) < 4.78 is 1.52. The normalized spacial score (nSPS) is 21.5. The van der Waals surface area contributed by atoms with Crippen molar-refractivity contribution >= 4 is 27.2 Å². The van der Waals surface area contributed by atoms with Gasteiger partial charge in [0.1, 0.15) is 0 Å². The molecule has 5 nitrogen and oxygen atoms in total. The molecular formula is C22H25N3O2. The summed E-state index contributed by atoms with van der Waals surface area (Å²) in [6.07, 6.45) is 6.51. The van der Waals surface area contributed by atoms with Crippen LogP contribution in [-0.2, 0) is 6.54 Å². The molecule has 0 amide bonds. The van der Waals surface area contributed by atoms with E-state index in [1.165, 1.54) is 17.4 Å². The Balaban J connectivity index is 1.85. The maximum atomic E-state index is 13.1. The van der Waals surface area contributed by atoms with Gasteiger partial charge < -0.3 is 10.4 Å². The Hall–Kier alpha value is -2.56. The van der Waals surface area contributed by atoms with Crippen molar-refractivity contribution in [2.75, 3.05) is 5.32 Å². The standard InChI is InChI=1S/C22H25N3O2/c1-2-3-12-25-21(26)13-8-10-17-20-18(11-9-14(19(13)20)22(25)27)24-16-7-5-4-6-15(16)23-17/h8-11,15-16,23,27H,2-7,12H2,1H3. The highest BCUT2D eigenvalue weighted by Crippen LogP contribution is 2.36. The van der Waals surface area contributed by atoms with Gasteiger partial charge in [0.05, 0.1) is 11.4 Å². The number of nitrogens with one attached hydrogen (secondary N) is 1. The van der Waals surface area contributed by atoms with E-state index in [-0.39, 0.29) is 17.5 Å². The minimum absolute atomic E-state index is 0.0753. The highest BCUT2D eigenvalue weighted by molar-refractivity contribution is 6.15. The number of hydrogen-bond acceptors (Lipinski definition) is 4. The van der Waals surface area contributed by atoms with Gasteiger partial charge in [0.2, 0.25) is 5.88 Å². The molecule has 1 fully saturated rings. The predicted octanol–water partition coefficient (Wildman–Crippen LogP) is 3.74. The van der Waals surface area contributed by atoms with Gasteiger partial charge in [0.25, 0.3) is 5.56 Å². The van der Waals surface area contributed by atoms with Crippen LogP contribution in [0.25, 0.3) is 21.5 Å². The summed E-state index contributed by atoms with van der Waals surface area (Å²) in [4.78, 5) is 18.1. The number of nitrogens with zero attached hydrogens (tertiary/aromatic N) is 2. The molecule has 2 heterocycles. The molecule has 27 heavy (non-hydrogen) atoms. The Bertz CT molecular complexity index is 1150. The Labute approximate surface area is 157 Å². The van der Waals surface area contributed by atoms with Crippen molar-refractivity contribution in [3.63, 3.8) is 0 Å². The molecule has 0 radical (unpaired) electrons. The maximum Gasteiger partial charge on any atom is 0.261 e. The van der Waals surface area contributed by atoms with Crippen LogP contribution >= 0.6 is 0 Å². The lowest BCUT2D eigenvalue weighted by atomic mass is 9.91. The van der Waals surface area contributed by atoms with E-state index in [1.54, 1.807) is 0 Å². The van der Waals surface area contributed by atoms with E-state index in [0.717, 1.165) is 52.9 Å². The van der Waals surface area contributed by atoms with Crippen LogP contribution < -0.4 is 16.2 Å². The number of fused-ring (bicyclic) bond motifs is 1. The molecule has 2 N–H and O–H groups in total. The van der Waals surface area contributed by atoms with Gasteiger partial charge in [-0.3, -0.25) is 14.4 Å². The molecule has 2 aliphatic rings. The Morgan fingerprint density at radius 1 is 1.15 bits per heavy atom. The number of benzene rings is 2. The van der Waals surface area contributed by atoms with Crippen LogP contribution in [0.5, 0.6) is 5.88 Å². The molecule has 0 spiro atoms. The Morgan fingerprint density at radius 3 is 2.81 bits per heavy atom. The highest BCUT2D eigenvalue weighted by atomic mass is 16.3. The monoisotopic (exact) mass is 363 g/mol. The second kappa shape index (κ2) is 6.25. The van der Waals surface area contributed by atoms with E-state index in [2.05, 4.69) is 12.2 Å². The quantitative estimate of drug-likeness (QED) is 0.745. The van der Waals surface area contributed by atoms with Crippen LogP contribution in [0.2, 0.25) is 0 Å². The van der Waals surface area contributed by atoms with Crippen molar-refractivity contribution in [3.8, 4) is 5.88 Å². The lowest BCUT2D eigenvalue weighted by Crippen LogP contribution is -2.35. The first kappa shape index (κ1) is 16.6. The Morgan fingerprint density at radius 2 is 1.96 bits per heavy atom. The van der Waals surface area contributed by atoms with Crippen LogP contribution in [0.15, 0.2) is 34.1 Å². The summed E-state index contributed by atoms with van der Waals surface area (Å²) >= 11 is 0. The fourth-order valence-corrected chi connectivity index (χ4v) is 4.79. The SMILES string of the molecule is CCCCn1c(O)c2ccc3c4c(ccc(c1=O)c24)NC1CCCCC1N=3. The Kier molecular flexibility index (Phi) is 3.85. The summed E-state index contributed by atoms with van der Waals surface area (Å²) in [5.41, 5.74) is 0.921. The van der Waals surface area contributed by atoms with Gasteiger partial charge in [-0.25, -0.2) is 0 Å². The van der Waals surface area contributed by atoms with Crippen molar-refractivity contribution in [2.24, 2.45) is 4.99 Å². The van der Waals surface area contributed by atoms with E-state index in [9.17, 15) is 9.90 Å². The third-order valence-corrected chi connectivity index (χ3v) is 6.22. The number of unbranched alkanes of at least 4 members (excludes halogenated alkanes) is 1. The number of aromatic hydroxyl groups is 1. The molecule has 3 aromatic rings. The van der Waals surface area contributed by atoms with Crippen molar-refractivity contribution in [1.82, 2.24) is 4.57 Å². The lowest BCUT2D eigenvalue weighted by molar-refractivity contribution is 0.402. The van der Waals surface area contributed by atoms with Crippen LogP contribution in [-0.4, -0.2) is 21.8 Å². The topological polar surface area (TPSA) is 66.6 Å². The van der Waals surface area contributed by atoms with E-state index in [4.69, 9.17) is 4.99 Å². The molecule has 2 atom stereocenters. The van der Waals surface area contributed by atoms with Gasteiger partial charge in [-0.15, -0.1) is 0 Å². The molecule has 0 bridgehead atoms. The molecular weight excluding hydrogens is 338 g/mol. The second-order valence-electron chi connectivity index (χ2n) is 7.91. The first-order valence-electron chi connectivity index (χ1n) is 10.1. The fourth-order valence-electron chi connectivity index (χ4n) is 4.79. The molecule has 1 aliphatic heterocycles.